The van der Waals surface area contributed by atoms with Gasteiger partial charge in [-0.3, -0.25) is 9.59 Å². The molecule has 0 aliphatic heterocycles. The number of halogens is 4. The van der Waals surface area contributed by atoms with Crippen molar-refractivity contribution in [3.8, 4) is 0 Å². The summed E-state index contributed by atoms with van der Waals surface area (Å²) in [6.07, 6.45) is 1.82. The van der Waals surface area contributed by atoms with Gasteiger partial charge in [0.1, 0.15) is 0 Å². The number of hydrogen-bond donors (Lipinski definition) is 4. The molecule has 1 aromatic heterocycles. The molecule has 0 aliphatic rings. The second-order valence-electron chi connectivity index (χ2n) is 7.41. The van der Waals surface area contributed by atoms with Crippen LogP contribution in [-0.4, -0.2) is 33.6 Å². The molecular weight excluding hydrogens is 568 g/mol. The van der Waals surface area contributed by atoms with Gasteiger partial charge in [-0.05, 0) is 41.8 Å². The number of thioether (sulfide) groups is 1. The molecule has 4 rings (SSSR count). The molecule has 0 unspecified atom stereocenters. The van der Waals surface area contributed by atoms with E-state index in [1.807, 2.05) is 30.5 Å². The number of amides is 2. The van der Waals surface area contributed by atoms with Crippen LogP contribution in [0.3, 0.4) is 0 Å². The molecule has 0 fully saturated rings. The summed E-state index contributed by atoms with van der Waals surface area (Å²) in [6, 6.07) is 14.2. The van der Waals surface area contributed by atoms with Crippen LogP contribution >= 0.6 is 58.2 Å². The van der Waals surface area contributed by atoms with Gasteiger partial charge in [0.2, 0.25) is 5.91 Å². The quantitative estimate of drug-likeness (QED) is 0.103. The highest BCUT2D eigenvalue weighted by Crippen LogP contribution is 2.42. The molecule has 0 bridgehead atoms. The molecule has 7 nitrogen and oxygen atoms in total. The number of aromatic carboxylic acids is 1. The van der Waals surface area contributed by atoms with Gasteiger partial charge in [0.15, 0.2) is 0 Å². The highest BCUT2D eigenvalue weighted by Gasteiger charge is 2.29. The van der Waals surface area contributed by atoms with E-state index in [1.54, 1.807) is 24.3 Å². The van der Waals surface area contributed by atoms with Gasteiger partial charge < -0.3 is 20.7 Å². The van der Waals surface area contributed by atoms with Crippen LogP contribution in [0.1, 0.15) is 20.7 Å². The molecule has 12 heteroatoms. The second-order valence-corrected chi connectivity index (χ2v) is 9.97. The Balaban J connectivity index is 1.45. The Hall–Kier alpha value is -2.88. The Morgan fingerprint density at radius 3 is 2.25 bits per heavy atom. The zero-order valence-electron chi connectivity index (χ0n) is 18.0. The van der Waals surface area contributed by atoms with Crippen LogP contribution in [0.25, 0.3) is 10.9 Å². The summed E-state index contributed by atoms with van der Waals surface area (Å²) in [5.74, 6) is -2.41. The topological polar surface area (TPSA) is 111 Å². The summed E-state index contributed by atoms with van der Waals surface area (Å²) in [4.78, 5) is 40.9. The number of rotatable bonds is 7. The van der Waals surface area contributed by atoms with E-state index in [0.29, 0.717) is 16.3 Å². The van der Waals surface area contributed by atoms with E-state index in [-0.39, 0.29) is 26.7 Å². The van der Waals surface area contributed by atoms with Crippen LogP contribution in [0.15, 0.2) is 59.6 Å². The van der Waals surface area contributed by atoms with E-state index in [4.69, 9.17) is 46.4 Å². The Labute approximate surface area is 229 Å². The molecule has 1 heterocycles. The van der Waals surface area contributed by atoms with E-state index in [0.717, 1.165) is 10.9 Å². The van der Waals surface area contributed by atoms with E-state index < -0.39 is 28.0 Å². The lowest BCUT2D eigenvalue weighted by atomic mass is 10.1. The van der Waals surface area contributed by atoms with Crippen molar-refractivity contribution < 1.29 is 19.5 Å². The second kappa shape index (κ2) is 11.0. The molecule has 0 saturated heterocycles. The van der Waals surface area contributed by atoms with Crippen molar-refractivity contribution in [2.24, 2.45) is 0 Å². The standard InChI is InChI=1S/C24H15Cl4N3O4S/c25-19-17(18(24(34)35)20(26)22(28)21(19)27)23(33)31-12-2-1-3-14(8-12)36-10-16(32)30-13-5-4-11-6-7-29-15(11)9-13/h1-9,29H,10H2,(H,30,32)(H,31,33)(H,34,35). The minimum atomic E-state index is -1.49. The number of anilines is 2. The maximum Gasteiger partial charge on any atom is 0.338 e. The van der Waals surface area contributed by atoms with Crippen molar-refractivity contribution >= 4 is 98.2 Å². The lowest BCUT2D eigenvalue weighted by Gasteiger charge is -2.14. The smallest absolute Gasteiger partial charge is 0.338 e. The van der Waals surface area contributed by atoms with Gasteiger partial charge in [-0.15, -0.1) is 11.8 Å². The van der Waals surface area contributed by atoms with Crippen molar-refractivity contribution in [1.29, 1.82) is 0 Å². The fourth-order valence-electron chi connectivity index (χ4n) is 3.37. The number of aromatic nitrogens is 1. The summed E-state index contributed by atoms with van der Waals surface area (Å²) in [7, 11) is 0. The van der Waals surface area contributed by atoms with E-state index >= 15 is 0 Å². The fourth-order valence-corrected chi connectivity index (χ4v) is 5.15. The molecule has 0 spiro atoms. The van der Waals surface area contributed by atoms with Gasteiger partial charge in [0, 0.05) is 28.0 Å². The van der Waals surface area contributed by atoms with Gasteiger partial charge in [0.05, 0.1) is 37.0 Å². The number of H-pyrrole nitrogens is 1. The fraction of sp³-hybridized carbons (Fsp3) is 0.0417. The molecule has 3 aromatic carbocycles. The average molecular weight is 583 g/mol. The van der Waals surface area contributed by atoms with Gasteiger partial charge in [-0.25, -0.2) is 4.79 Å². The van der Waals surface area contributed by atoms with Crippen molar-refractivity contribution in [1.82, 2.24) is 4.98 Å². The Morgan fingerprint density at radius 2 is 1.53 bits per heavy atom. The first kappa shape index (κ1) is 26.2. The molecule has 184 valence electrons. The molecule has 0 atom stereocenters. The number of aromatic amines is 1. The molecular formula is C24H15Cl4N3O4S. The van der Waals surface area contributed by atoms with Crippen LogP contribution in [0.4, 0.5) is 11.4 Å². The molecule has 0 aliphatic carbocycles. The lowest BCUT2D eigenvalue weighted by molar-refractivity contribution is -0.113. The Bertz CT molecular complexity index is 1520. The number of hydrogen-bond acceptors (Lipinski definition) is 4. The summed E-state index contributed by atoms with van der Waals surface area (Å²) in [6.45, 7) is 0. The third-order valence-corrected chi connectivity index (χ3v) is 7.80. The van der Waals surface area contributed by atoms with Crippen molar-refractivity contribution in [3.05, 3.63) is 85.9 Å². The molecule has 36 heavy (non-hydrogen) atoms. The van der Waals surface area contributed by atoms with Crippen LogP contribution in [0, 0.1) is 0 Å². The number of carbonyl (C=O) groups is 3. The highest BCUT2D eigenvalue weighted by molar-refractivity contribution is 8.00. The van der Waals surface area contributed by atoms with Gasteiger partial charge in [-0.1, -0.05) is 58.5 Å². The van der Waals surface area contributed by atoms with Crippen LogP contribution < -0.4 is 10.6 Å². The SMILES string of the molecule is O=C(CSc1cccc(NC(=O)c2c(Cl)c(Cl)c(Cl)c(Cl)c2C(=O)O)c1)Nc1ccc2cc[nH]c2c1. The summed E-state index contributed by atoms with van der Waals surface area (Å²) in [5.41, 5.74) is 0.951. The first-order valence-electron chi connectivity index (χ1n) is 10.2. The van der Waals surface area contributed by atoms with Crippen LogP contribution in [-0.2, 0) is 4.79 Å². The summed E-state index contributed by atoms with van der Waals surface area (Å²) in [5, 5.41) is 14.8. The lowest BCUT2D eigenvalue weighted by Crippen LogP contribution is -2.18. The predicted molar refractivity (Wildman–Crippen MR) is 145 cm³/mol. The molecule has 4 aromatic rings. The zero-order chi connectivity index (χ0) is 26.0. The maximum atomic E-state index is 12.9. The predicted octanol–water partition coefficient (Wildman–Crippen LogP) is 7.46. The number of carboxylic acids is 1. The van der Waals surface area contributed by atoms with Crippen molar-refractivity contribution in [2.45, 2.75) is 4.90 Å². The first-order valence-corrected chi connectivity index (χ1v) is 12.7. The normalized spacial score (nSPS) is 10.9. The minimum Gasteiger partial charge on any atom is -0.478 e. The number of nitrogens with one attached hydrogen (secondary N) is 3. The summed E-state index contributed by atoms with van der Waals surface area (Å²) < 4.78 is 0. The zero-order valence-corrected chi connectivity index (χ0v) is 21.8. The third kappa shape index (κ3) is 5.58. The summed E-state index contributed by atoms with van der Waals surface area (Å²) >= 11 is 25.4. The molecule has 0 saturated carbocycles. The average Bonchev–Trinajstić information content (AvgIpc) is 3.31. The number of benzene rings is 3. The first-order chi connectivity index (χ1) is 17.2. The number of carbonyl (C=O) groups excluding carboxylic acids is 2. The van der Waals surface area contributed by atoms with Crippen LogP contribution in [0.5, 0.6) is 0 Å². The monoisotopic (exact) mass is 581 g/mol. The van der Waals surface area contributed by atoms with Crippen molar-refractivity contribution in [3.63, 3.8) is 0 Å². The number of carboxylic acid groups (broad SMARTS) is 1. The number of fused-ring (bicyclic) bond motifs is 1. The molecule has 0 radical (unpaired) electrons. The highest BCUT2D eigenvalue weighted by atomic mass is 35.5. The van der Waals surface area contributed by atoms with E-state index in [9.17, 15) is 19.5 Å². The van der Waals surface area contributed by atoms with Gasteiger partial charge in [-0.2, -0.15) is 0 Å². The molecule has 2 amide bonds. The minimum absolute atomic E-state index is 0.123. The third-order valence-electron chi connectivity index (χ3n) is 5.01. The largest absolute Gasteiger partial charge is 0.478 e. The van der Waals surface area contributed by atoms with Crippen LogP contribution in [0.2, 0.25) is 20.1 Å². The van der Waals surface area contributed by atoms with Gasteiger partial charge in [0.25, 0.3) is 5.91 Å². The Kier molecular flexibility index (Phi) is 8.02. The van der Waals surface area contributed by atoms with E-state index in [2.05, 4.69) is 15.6 Å². The van der Waals surface area contributed by atoms with E-state index in [1.165, 1.54) is 11.8 Å². The molecule has 4 N–H and O–H groups in total. The maximum absolute atomic E-state index is 12.9. The van der Waals surface area contributed by atoms with Crippen molar-refractivity contribution in [2.75, 3.05) is 16.4 Å². The van der Waals surface area contributed by atoms with Gasteiger partial charge >= 0.3 is 5.97 Å². The Morgan fingerprint density at radius 1 is 0.833 bits per heavy atom.